The smallest absolute Gasteiger partial charge is 0.0534 e. The van der Waals surface area contributed by atoms with E-state index in [1.807, 2.05) is 17.9 Å². The number of hydrogen-bond acceptors (Lipinski definition) is 2. The number of rotatable bonds is 7. The summed E-state index contributed by atoms with van der Waals surface area (Å²) >= 11 is 5.86. The first-order valence-corrected chi connectivity index (χ1v) is 6.52. The van der Waals surface area contributed by atoms with Gasteiger partial charge in [-0.25, -0.2) is 0 Å². The molecule has 0 amide bonds. The van der Waals surface area contributed by atoms with E-state index in [-0.39, 0.29) is 0 Å². The molecule has 16 heavy (non-hydrogen) atoms. The maximum Gasteiger partial charge on any atom is 0.0534 e. The van der Waals surface area contributed by atoms with Gasteiger partial charge in [0.2, 0.25) is 0 Å². The number of nitrogens with zero attached hydrogens (tertiary/aromatic N) is 3. The normalized spacial score (nSPS) is 11.6. The largest absolute Gasteiger partial charge is 0.295 e. The fraction of sp³-hybridized carbons (Fsp3) is 0.750. The van der Waals surface area contributed by atoms with Gasteiger partial charge in [-0.2, -0.15) is 5.10 Å². The van der Waals surface area contributed by atoms with Crippen molar-refractivity contribution in [3.05, 3.63) is 18.0 Å². The third-order valence-corrected chi connectivity index (χ3v) is 3.14. The molecule has 1 heterocycles. The summed E-state index contributed by atoms with van der Waals surface area (Å²) in [5.41, 5.74) is 1.26. The molecule has 0 bridgehead atoms. The molecule has 92 valence electrons. The highest BCUT2D eigenvalue weighted by atomic mass is 35.5. The van der Waals surface area contributed by atoms with Crippen LogP contribution < -0.4 is 0 Å². The predicted molar refractivity (Wildman–Crippen MR) is 68.7 cm³/mol. The van der Waals surface area contributed by atoms with Crippen LogP contribution >= 0.6 is 11.6 Å². The van der Waals surface area contributed by atoms with Gasteiger partial charge in [0.05, 0.1) is 6.20 Å². The average Bonchev–Trinajstić information content (AvgIpc) is 2.66. The van der Waals surface area contributed by atoms with Crippen LogP contribution in [0.5, 0.6) is 0 Å². The van der Waals surface area contributed by atoms with Crippen LogP contribution in [0, 0.1) is 0 Å². The topological polar surface area (TPSA) is 21.1 Å². The maximum absolute atomic E-state index is 5.86. The highest BCUT2D eigenvalue weighted by Crippen LogP contribution is 2.13. The monoisotopic (exact) mass is 243 g/mol. The van der Waals surface area contributed by atoms with E-state index in [9.17, 15) is 0 Å². The summed E-state index contributed by atoms with van der Waals surface area (Å²) in [6.07, 6.45) is 6.36. The third-order valence-electron chi connectivity index (χ3n) is 2.97. The SMILES string of the molecule is CCC(CC)N(CCCl)Cc1cnn(C)c1. The summed E-state index contributed by atoms with van der Waals surface area (Å²) in [5, 5.41) is 4.20. The van der Waals surface area contributed by atoms with E-state index in [2.05, 4.69) is 30.0 Å². The Labute approximate surface area is 103 Å². The van der Waals surface area contributed by atoms with Crippen molar-refractivity contribution in [2.75, 3.05) is 12.4 Å². The first-order chi connectivity index (χ1) is 7.71. The molecule has 0 radical (unpaired) electrons. The molecule has 0 aliphatic rings. The van der Waals surface area contributed by atoms with Gasteiger partial charge in [-0.1, -0.05) is 13.8 Å². The Hall–Kier alpha value is -0.540. The second-order valence-electron chi connectivity index (χ2n) is 4.15. The van der Waals surface area contributed by atoms with Crippen molar-refractivity contribution in [2.24, 2.45) is 7.05 Å². The van der Waals surface area contributed by atoms with Gasteiger partial charge in [-0.15, -0.1) is 11.6 Å². The summed E-state index contributed by atoms with van der Waals surface area (Å²) in [7, 11) is 1.95. The lowest BCUT2D eigenvalue weighted by molar-refractivity contribution is 0.188. The van der Waals surface area contributed by atoms with Gasteiger partial charge in [-0.05, 0) is 12.8 Å². The van der Waals surface area contributed by atoms with Crippen LogP contribution in [-0.4, -0.2) is 33.1 Å². The van der Waals surface area contributed by atoms with E-state index >= 15 is 0 Å². The number of halogens is 1. The quantitative estimate of drug-likeness (QED) is 0.687. The lowest BCUT2D eigenvalue weighted by Gasteiger charge is -2.29. The molecule has 4 heteroatoms. The molecule has 0 saturated heterocycles. The number of alkyl halides is 1. The Morgan fingerprint density at radius 3 is 2.56 bits per heavy atom. The molecule has 0 spiro atoms. The molecule has 3 nitrogen and oxygen atoms in total. The lowest BCUT2D eigenvalue weighted by atomic mass is 10.1. The fourth-order valence-corrected chi connectivity index (χ4v) is 2.31. The summed E-state index contributed by atoms with van der Waals surface area (Å²) < 4.78 is 1.85. The van der Waals surface area contributed by atoms with Crippen LogP contribution in [0.25, 0.3) is 0 Å². The average molecular weight is 244 g/mol. The van der Waals surface area contributed by atoms with Crippen molar-refractivity contribution in [2.45, 2.75) is 39.3 Å². The van der Waals surface area contributed by atoms with Crippen molar-refractivity contribution in [3.63, 3.8) is 0 Å². The fourth-order valence-electron chi connectivity index (χ4n) is 2.09. The van der Waals surface area contributed by atoms with Crippen molar-refractivity contribution >= 4 is 11.6 Å². The highest BCUT2D eigenvalue weighted by molar-refractivity contribution is 6.18. The van der Waals surface area contributed by atoms with Gasteiger partial charge < -0.3 is 0 Å². The molecule has 0 unspecified atom stereocenters. The maximum atomic E-state index is 5.86. The van der Waals surface area contributed by atoms with Gasteiger partial charge >= 0.3 is 0 Å². The lowest BCUT2D eigenvalue weighted by Crippen LogP contribution is -2.35. The molecular weight excluding hydrogens is 222 g/mol. The van der Waals surface area contributed by atoms with Crippen molar-refractivity contribution in [1.82, 2.24) is 14.7 Å². The Kier molecular flexibility index (Phi) is 5.85. The Bertz CT molecular complexity index is 294. The van der Waals surface area contributed by atoms with Gasteiger partial charge in [0.1, 0.15) is 0 Å². The predicted octanol–water partition coefficient (Wildman–Crippen LogP) is 2.65. The standard InChI is InChI=1S/C12H22ClN3/c1-4-12(5-2)16(7-6-13)10-11-8-14-15(3)9-11/h8-9,12H,4-7,10H2,1-3H3. The van der Waals surface area contributed by atoms with Crippen molar-refractivity contribution < 1.29 is 0 Å². The minimum Gasteiger partial charge on any atom is -0.295 e. The minimum atomic E-state index is 0.624. The van der Waals surface area contributed by atoms with E-state index < -0.39 is 0 Å². The van der Waals surface area contributed by atoms with Gasteiger partial charge in [0, 0.05) is 43.8 Å². The molecule has 0 fully saturated rings. The number of aromatic nitrogens is 2. The van der Waals surface area contributed by atoms with Crippen LogP contribution in [0.15, 0.2) is 12.4 Å². The van der Waals surface area contributed by atoms with Gasteiger partial charge in [0.25, 0.3) is 0 Å². The Morgan fingerprint density at radius 2 is 2.12 bits per heavy atom. The summed E-state index contributed by atoms with van der Waals surface area (Å²) in [5.74, 6) is 0.691. The molecule has 0 atom stereocenters. The molecule has 1 aromatic rings. The molecule has 0 aliphatic carbocycles. The van der Waals surface area contributed by atoms with Gasteiger partial charge in [-0.3, -0.25) is 9.58 Å². The van der Waals surface area contributed by atoms with E-state index in [0.717, 1.165) is 13.1 Å². The summed E-state index contributed by atoms with van der Waals surface area (Å²) in [6.45, 7) is 6.37. The Morgan fingerprint density at radius 1 is 1.44 bits per heavy atom. The zero-order valence-corrected chi connectivity index (χ0v) is 11.2. The first kappa shape index (κ1) is 13.5. The van der Waals surface area contributed by atoms with E-state index in [1.165, 1.54) is 18.4 Å². The van der Waals surface area contributed by atoms with Gasteiger partial charge in [0.15, 0.2) is 0 Å². The van der Waals surface area contributed by atoms with Crippen molar-refractivity contribution in [3.8, 4) is 0 Å². The van der Waals surface area contributed by atoms with Crippen LogP contribution in [0.4, 0.5) is 0 Å². The molecule has 1 rings (SSSR count). The second-order valence-corrected chi connectivity index (χ2v) is 4.53. The molecule has 0 saturated carbocycles. The summed E-state index contributed by atoms with van der Waals surface area (Å²) in [4.78, 5) is 2.45. The number of hydrogen-bond donors (Lipinski definition) is 0. The zero-order chi connectivity index (χ0) is 12.0. The van der Waals surface area contributed by atoms with Crippen LogP contribution in [-0.2, 0) is 13.6 Å². The first-order valence-electron chi connectivity index (χ1n) is 5.98. The third kappa shape index (κ3) is 3.80. The van der Waals surface area contributed by atoms with E-state index in [0.29, 0.717) is 11.9 Å². The highest BCUT2D eigenvalue weighted by Gasteiger charge is 2.15. The molecule has 0 N–H and O–H groups in total. The zero-order valence-electron chi connectivity index (χ0n) is 10.5. The van der Waals surface area contributed by atoms with Crippen molar-refractivity contribution in [1.29, 1.82) is 0 Å². The van der Waals surface area contributed by atoms with E-state index in [4.69, 9.17) is 11.6 Å². The second kappa shape index (κ2) is 6.92. The summed E-state index contributed by atoms with van der Waals surface area (Å²) in [6, 6.07) is 0.624. The van der Waals surface area contributed by atoms with E-state index in [1.54, 1.807) is 0 Å². The molecular formula is C12H22ClN3. The number of aryl methyl sites for hydroxylation is 1. The Balaban J connectivity index is 2.63. The van der Waals surface area contributed by atoms with Crippen LogP contribution in [0.2, 0.25) is 0 Å². The van der Waals surface area contributed by atoms with Crippen LogP contribution in [0.1, 0.15) is 32.3 Å². The molecule has 0 aromatic carbocycles. The minimum absolute atomic E-state index is 0.624. The molecule has 1 aromatic heterocycles. The van der Waals surface area contributed by atoms with Crippen LogP contribution in [0.3, 0.4) is 0 Å². The molecule has 0 aliphatic heterocycles.